The van der Waals surface area contributed by atoms with Crippen molar-refractivity contribution in [3.05, 3.63) is 83.1 Å². The van der Waals surface area contributed by atoms with Crippen LogP contribution in [0, 0.1) is 0 Å². The summed E-state index contributed by atoms with van der Waals surface area (Å²) in [5, 5.41) is 2.87. The van der Waals surface area contributed by atoms with Gasteiger partial charge in [-0.3, -0.25) is 9.78 Å². The molecule has 3 rings (SSSR count). The van der Waals surface area contributed by atoms with Gasteiger partial charge in [-0.05, 0) is 49.4 Å². The van der Waals surface area contributed by atoms with Crippen LogP contribution in [0.2, 0.25) is 0 Å². The Kier molecular flexibility index (Phi) is 5.46. The third-order valence-corrected chi connectivity index (χ3v) is 4.25. The molecule has 1 aromatic heterocycles. The summed E-state index contributed by atoms with van der Waals surface area (Å²) in [5.41, 5.74) is 3.12. The molecule has 126 valence electrons. The van der Waals surface area contributed by atoms with E-state index in [-0.39, 0.29) is 5.91 Å². The molecule has 25 heavy (non-hydrogen) atoms. The molecule has 0 fully saturated rings. The predicted octanol–water partition coefficient (Wildman–Crippen LogP) is 5.25. The highest BCUT2D eigenvalue weighted by Gasteiger charge is 2.12. The van der Waals surface area contributed by atoms with Gasteiger partial charge in [0.25, 0.3) is 5.91 Å². The van der Waals surface area contributed by atoms with E-state index in [1.165, 1.54) is 0 Å². The first kappa shape index (κ1) is 17.2. The number of hydrogen-bond acceptors (Lipinski definition) is 3. The van der Waals surface area contributed by atoms with Crippen molar-refractivity contribution in [3.63, 3.8) is 0 Å². The maximum atomic E-state index is 12.5. The summed E-state index contributed by atoms with van der Waals surface area (Å²) in [6.07, 6.45) is 1.66. The van der Waals surface area contributed by atoms with Gasteiger partial charge in [-0.1, -0.05) is 40.2 Å². The van der Waals surface area contributed by atoms with Crippen molar-refractivity contribution in [2.45, 2.75) is 6.92 Å². The Bertz CT molecular complexity index is 868. The van der Waals surface area contributed by atoms with E-state index in [4.69, 9.17) is 0 Å². The van der Waals surface area contributed by atoms with Crippen molar-refractivity contribution in [2.75, 3.05) is 16.8 Å². The Hall–Kier alpha value is -2.66. The van der Waals surface area contributed by atoms with Gasteiger partial charge in [-0.15, -0.1) is 0 Å². The van der Waals surface area contributed by atoms with E-state index < -0.39 is 0 Å². The van der Waals surface area contributed by atoms with E-state index in [9.17, 15) is 4.79 Å². The molecule has 0 aliphatic heterocycles. The highest BCUT2D eigenvalue weighted by Crippen LogP contribution is 2.25. The van der Waals surface area contributed by atoms with Crippen molar-refractivity contribution in [1.29, 1.82) is 0 Å². The number of carbonyl (C=O) groups is 1. The highest BCUT2D eigenvalue weighted by molar-refractivity contribution is 9.10. The number of pyridine rings is 1. The van der Waals surface area contributed by atoms with Crippen LogP contribution in [0.25, 0.3) is 0 Å². The first-order valence-corrected chi connectivity index (χ1v) is 8.82. The van der Waals surface area contributed by atoms with Crippen LogP contribution in [0.15, 0.2) is 77.4 Å². The molecule has 1 amide bonds. The Labute approximate surface area is 155 Å². The summed E-state index contributed by atoms with van der Waals surface area (Å²) in [5.74, 6) is -0.232. The molecule has 0 aliphatic rings. The smallest absolute Gasteiger partial charge is 0.274 e. The van der Waals surface area contributed by atoms with Crippen LogP contribution in [-0.2, 0) is 0 Å². The Morgan fingerprint density at radius 1 is 1.04 bits per heavy atom. The molecular formula is C20H18BrN3O. The molecule has 0 radical (unpaired) electrons. The van der Waals surface area contributed by atoms with E-state index in [1.54, 1.807) is 6.20 Å². The van der Waals surface area contributed by atoms with E-state index in [0.29, 0.717) is 5.69 Å². The molecule has 0 aliphatic carbocycles. The lowest BCUT2D eigenvalue weighted by Crippen LogP contribution is -2.18. The largest absolute Gasteiger partial charge is 0.342 e. The lowest BCUT2D eigenvalue weighted by molar-refractivity contribution is 0.102. The normalized spacial score (nSPS) is 10.3. The summed E-state index contributed by atoms with van der Waals surface area (Å²) in [4.78, 5) is 18.9. The highest BCUT2D eigenvalue weighted by atomic mass is 79.9. The summed E-state index contributed by atoms with van der Waals surface area (Å²) in [6.45, 7) is 2.87. The van der Waals surface area contributed by atoms with E-state index >= 15 is 0 Å². The maximum absolute atomic E-state index is 12.5. The van der Waals surface area contributed by atoms with Crippen LogP contribution in [0.1, 0.15) is 17.4 Å². The first-order valence-electron chi connectivity index (χ1n) is 8.03. The molecule has 2 aromatic carbocycles. The zero-order chi connectivity index (χ0) is 17.6. The van der Waals surface area contributed by atoms with E-state index in [1.807, 2.05) is 66.7 Å². The average molecular weight is 396 g/mol. The monoisotopic (exact) mass is 395 g/mol. The third-order valence-electron chi connectivity index (χ3n) is 3.75. The minimum Gasteiger partial charge on any atom is -0.342 e. The number of carbonyl (C=O) groups excluding carboxylic acids is 1. The average Bonchev–Trinajstić information content (AvgIpc) is 2.63. The van der Waals surface area contributed by atoms with E-state index in [0.717, 1.165) is 28.1 Å². The van der Waals surface area contributed by atoms with Crippen LogP contribution in [0.5, 0.6) is 0 Å². The Morgan fingerprint density at radius 3 is 2.56 bits per heavy atom. The van der Waals surface area contributed by atoms with Gasteiger partial charge in [0, 0.05) is 34.3 Å². The quantitative estimate of drug-likeness (QED) is 0.640. The van der Waals surface area contributed by atoms with Crippen LogP contribution in [0.4, 0.5) is 17.1 Å². The minimum absolute atomic E-state index is 0.232. The third kappa shape index (κ3) is 4.25. The topological polar surface area (TPSA) is 45.2 Å². The molecule has 0 bridgehead atoms. The second kappa shape index (κ2) is 7.94. The molecular weight excluding hydrogens is 378 g/mol. The summed E-state index contributed by atoms with van der Waals surface area (Å²) < 4.78 is 0.910. The molecule has 1 heterocycles. The number of amides is 1. The van der Waals surface area contributed by atoms with Crippen LogP contribution >= 0.6 is 15.9 Å². The van der Waals surface area contributed by atoms with Crippen molar-refractivity contribution >= 4 is 38.9 Å². The number of nitrogens with one attached hydrogen (secondary N) is 1. The molecule has 5 heteroatoms. The van der Waals surface area contributed by atoms with Gasteiger partial charge in [-0.25, -0.2) is 0 Å². The number of benzene rings is 2. The Morgan fingerprint density at radius 2 is 1.84 bits per heavy atom. The number of hydrogen-bond donors (Lipinski definition) is 1. The number of aromatic nitrogens is 1. The Balaban J connectivity index is 1.84. The second-order valence-electron chi connectivity index (χ2n) is 5.44. The van der Waals surface area contributed by atoms with Crippen molar-refractivity contribution < 1.29 is 4.79 Å². The van der Waals surface area contributed by atoms with Gasteiger partial charge < -0.3 is 10.2 Å². The van der Waals surface area contributed by atoms with Gasteiger partial charge in [0.15, 0.2) is 0 Å². The van der Waals surface area contributed by atoms with Gasteiger partial charge in [0.2, 0.25) is 0 Å². The van der Waals surface area contributed by atoms with Crippen LogP contribution in [-0.4, -0.2) is 17.4 Å². The molecule has 4 nitrogen and oxygen atoms in total. The van der Waals surface area contributed by atoms with Gasteiger partial charge in [0.05, 0.1) is 0 Å². The summed E-state index contributed by atoms with van der Waals surface area (Å²) >= 11 is 3.40. The number of nitrogens with zero attached hydrogens (tertiary/aromatic N) is 2. The van der Waals surface area contributed by atoms with Crippen LogP contribution in [0.3, 0.4) is 0 Å². The van der Waals surface area contributed by atoms with Crippen molar-refractivity contribution in [2.24, 2.45) is 0 Å². The molecule has 0 spiro atoms. The fraction of sp³-hybridized carbons (Fsp3) is 0.100. The minimum atomic E-state index is -0.232. The second-order valence-corrected chi connectivity index (χ2v) is 6.36. The van der Waals surface area contributed by atoms with Gasteiger partial charge >= 0.3 is 0 Å². The summed E-state index contributed by atoms with van der Waals surface area (Å²) in [7, 11) is 0. The molecule has 3 aromatic rings. The number of anilines is 3. The zero-order valence-corrected chi connectivity index (χ0v) is 15.4. The molecule has 0 saturated heterocycles. The van der Waals surface area contributed by atoms with Gasteiger partial charge in [-0.2, -0.15) is 0 Å². The first-order chi connectivity index (χ1) is 12.2. The summed E-state index contributed by atoms with van der Waals surface area (Å²) in [6, 6.07) is 21.3. The fourth-order valence-electron chi connectivity index (χ4n) is 2.59. The standard InChI is InChI=1S/C20H18BrN3O/c1-2-24(17-9-4-3-5-10-17)18-11-12-22-19(14-18)20(25)23-16-8-6-7-15(21)13-16/h3-14H,2H2,1H3,(H,23,25). The van der Waals surface area contributed by atoms with Gasteiger partial charge in [0.1, 0.15) is 5.69 Å². The SMILES string of the molecule is CCN(c1ccccc1)c1ccnc(C(=O)Nc2cccc(Br)c2)c1. The lowest BCUT2D eigenvalue weighted by atomic mass is 10.2. The number of rotatable bonds is 5. The van der Waals surface area contributed by atoms with Crippen molar-refractivity contribution in [1.82, 2.24) is 4.98 Å². The molecule has 0 saturated carbocycles. The lowest BCUT2D eigenvalue weighted by Gasteiger charge is -2.23. The zero-order valence-electron chi connectivity index (χ0n) is 13.8. The fourth-order valence-corrected chi connectivity index (χ4v) is 2.99. The molecule has 0 atom stereocenters. The predicted molar refractivity (Wildman–Crippen MR) is 105 cm³/mol. The van der Waals surface area contributed by atoms with Crippen LogP contribution < -0.4 is 10.2 Å². The van der Waals surface area contributed by atoms with Crippen molar-refractivity contribution in [3.8, 4) is 0 Å². The molecule has 1 N–H and O–H groups in total. The number of para-hydroxylation sites is 1. The number of halogens is 1. The maximum Gasteiger partial charge on any atom is 0.274 e. The van der Waals surface area contributed by atoms with E-state index in [2.05, 4.69) is 38.1 Å². The molecule has 0 unspecified atom stereocenters.